The first kappa shape index (κ1) is 17.5. The van der Waals surface area contributed by atoms with Crippen LogP contribution in [0, 0.1) is 0 Å². The Hall–Kier alpha value is -1.85. The summed E-state index contributed by atoms with van der Waals surface area (Å²) in [7, 11) is 3.43. The molecule has 2 aromatic carbocycles. The third kappa shape index (κ3) is 5.08. The molecular weight excluding hydrogens is 358 g/mol. The normalized spacial score (nSPS) is 10.4. The van der Waals surface area contributed by atoms with Crippen molar-refractivity contribution in [3.63, 3.8) is 0 Å². The second-order valence-electron chi connectivity index (χ2n) is 5.13. The van der Waals surface area contributed by atoms with Gasteiger partial charge in [-0.25, -0.2) is 0 Å². The van der Waals surface area contributed by atoms with Gasteiger partial charge < -0.3 is 14.4 Å². The monoisotopic (exact) mass is 377 g/mol. The van der Waals surface area contributed by atoms with Gasteiger partial charge in [0.25, 0.3) is 5.91 Å². The number of ether oxygens (including phenoxy) is 2. The molecule has 0 saturated heterocycles. The van der Waals surface area contributed by atoms with E-state index in [4.69, 9.17) is 9.47 Å². The summed E-state index contributed by atoms with van der Waals surface area (Å²) in [6, 6.07) is 15.3. The number of hydrogen-bond acceptors (Lipinski definition) is 3. The average Bonchev–Trinajstić information content (AvgIpc) is 2.56. The molecule has 2 rings (SSSR count). The molecule has 0 atom stereocenters. The lowest BCUT2D eigenvalue weighted by Crippen LogP contribution is -2.26. The lowest BCUT2D eigenvalue weighted by molar-refractivity contribution is 0.0785. The number of nitrogens with zero attached hydrogens (tertiary/aromatic N) is 1. The summed E-state index contributed by atoms with van der Waals surface area (Å²) in [5.74, 6) is 0.669. The second kappa shape index (κ2) is 8.70. The maximum absolute atomic E-state index is 12.5. The summed E-state index contributed by atoms with van der Waals surface area (Å²) in [6.45, 7) is 1.56. The highest BCUT2D eigenvalue weighted by atomic mass is 79.9. The van der Waals surface area contributed by atoms with Gasteiger partial charge >= 0.3 is 0 Å². The van der Waals surface area contributed by atoms with Gasteiger partial charge in [0.2, 0.25) is 0 Å². The number of rotatable bonds is 7. The Morgan fingerprint density at radius 1 is 1.13 bits per heavy atom. The SMILES string of the molecule is COCCOc1ccc(C(=O)N(C)Cc2ccccc2)cc1Br. The fourth-order valence-electron chi connectivity index (χ4n) is 2.14. The highest BCUT2D eigenvalue weighted by Gasteiger charge is 2.14. The van der Waals surface area contributed by atoms with Gasteiger partial charge in [-0.2, -0.15) is 0 Å². The molecule has 0 aliphatic rings. The lowest BCUT2D eigenvalue weighted by atomic mass is 10.1. The van der Waals surface area contributed by atoms with E-state index in [0.29, 0.717) is 31.1 Å². The van der Waals surface area contributed by atoms with Crippen molar-refractivity contribution in [3.05, 3.63) is 64.1 Å². The van der Waals surface area contributed by atoms with Gasteiger partial charge in [-0.1, -0.05) is 30.3 Å². The minimum Gasteiger partial charge on any atom is -0.490 e. The number of halogens is 1. The van der Waals surface area contributed by atoms with Crippen LogP contribution in [0.15, 0.2) is 53.0 Å². The molecule has 5 heteroatoms. The van der Waals surface area contributed by atoms with Crippen LogP contribution in [0.1, 0.15) is 15.9 Å². The molecule has 2 aromatic rings. The summed E-state index contributed by atoms with van der Waals surface area (Å²) in [5, 5.41) is 0. The topological polar surface area (TPSA) is 38.8 Å². The van der Waals surface area contributed by atoms with Crippen molar-refractivity contribution in [1.29, 1.82) is 0 Å². The van der Waals surface area contributed by atoms with Crippen LogP contribution in [0.2, 0.25) is 0 Å². The minimum atomic E-state index is -0.0296. The number of amides is 1. The van der Waals surface area contributed by atoms with Crippen molar-refractivity contribution >= 4 is 21.8 Å². The standard InChI is InChI=1S/C18H20BrNO3/c1-20(13-14-6-4-3-5-7-14)18(21)15-8-9-17(16(19)12-15)23-11-10-22-2/h3-9,12H,10-11,13H2,1-2H3. The third-order valence-corrected chi connectivity index (χ3v) is 3.95. The first-order valence-corrected chi connectivity index (χ1v) is 8.12. The Labute approximate surface area is 145 Å². The molecule has 0 bridgehead atoms. The summed E-state index contributed by atoms with van der Waals surface area (Å²) >= 11 is 3.45. The molecule has 0 saturated carbocycles. The van der Waals surface area contributed by atoms with Gasteiger partial charge in [-0.3, -0.25) is 4.79 Å². The molecule has 0 N–H and O–H groups in total. The molecule has 0 spiro atoms. The van der Waals surface area contributed by atoms with Crippen molar-refractivity contribution in [3.8, 4) is 5.75 Å². The van der Waals surface area contributed by atoms with Gasteiger partial charge in [0, 0.05) is 26.3 Å². The van der Waals surface area contributed by atoms with Crippen LogP contribution >= 0.6 is 15.9 Å². The van der Waals surface area contributed by atoms with E-state index in [1.807, 2.05) is 30.3 Å². The van der Waals surface area contributed by atoms with Crippen LogP contribution in [0.5, 0.6) is 5.75 Å². The molecule has 0 heterocycles. The molecule has 23 heavy (non-hydrogen) atoms. The number of carbonyl (C=O) groups excluding carboxylic acids is 1. The van der Waals surface area contributed by atoms with Crippen LogP contribution < -0.4 is 4.74 Å². The number of hydrogen-bond donors (Lipinski definition) is 0. The summed E-state index contributed by atoms with van der Waals surface area (Å²) in [6.07, 6.45) is 0. The largest absolute Gasteiger partial charge is 0.490 e. The fraction of sp³-hybridized carbons (Fsp3) is 0.278. The number of carbonyl (C=O) groups is 1. The maximum Gasteiger partial charge on any atom is 0.253 e. The fourth-order valence-corrected chi connectivity index (χ4v) is 2.63. The van der Waals surface area contributed by atoms with Gasteiger partial charge in [0.05, 0.1) is 11.1 Å². The summed E-state index contributed by atoms with van der Waals surface area (Å²) in [5.41, 5.74) is 1.72. The molecule has 0 aromatic heterocycles. The van der Waals surface area contributed by atoms with Crippen LogP contribution in [-0.2, 0) is 11.3 Å². The van der Waals surface area contributed by atoms with Crippen LogP contribution in [0.3, 0.4) is 0 Å². The maximum atomic E-state index is 12.5. The zero-order valence-corrected chi connectivity index (χ0v) is 14.9. The van der Waals surface area contributed by atoms with E-state index in [0.717, 1.165) is 10.0 Å². The third-order valence-electron chi connectivity index (χ3n) is 3.33. The predicted molar refractivity (Wildman–Crippen MR) is 93.8 cm³/mol. The molecule has 0 aliphatic heterocycles. The molecule has 0 fully saturated rings. The van der Waals surface area contributed by atoms with Crippen LogP contribution in [-0.4, -0.2) is 38.2 Å². The molecule has 0 radical (unpaired) electrons. The highest BCUT2D eigenvalue weighted by molar-refractivity contribution is 9.10. The summed E-state index contributed by atoms with van der Waals surface area (Å²) < 4.78 is 11.3. The zero-order valence-electron chi connectivity index (χ0n) is 13.3. The first-order chi connectivity index (χ1) is 11.1. The Morgan fingerprint density at radius 3 is 2.52 bits per heavy atom. The van der Waals surface area contributed by atoms with Crippen molar-refractivity contribution in [2.24, 2.45) is 0 Å². The lowest BCUT2D eigenvalue weighted by Gasteiger charge is -2.18. The smallest absolute Gasteiger partial charge is 0.253 e. The predicted octanol–water partition coefficient (Wildman–Crippen LogP) is 3.75. The van der Waals surface area contributed by atoms with Gasteiger partial charge in [0.1, 0.15) is 12.4 Å². The Balaban J connectivity index is 2.02. The molecular formula is C18H20BrNO3. The van der Waals surface area contributed by atoms with E-state index in [1.165, 1.54) is 0 Å². The van der Waals surface area contributed by atoms with Crippen molar-refractivity contribution in [2.75, 3.05) is 27.4 Å². The van der Waals surface area contributed by atoms with Crippen molar-refractivity contribution in [2.45, 2.75) is 6.54 Å². The van der Waals surface area contributed by atoms with Gasteiger partial charge in [-0.15, -0.1) is 0 Å². The minimum absolute atomic E-state index is 0.0296. The molecule has 122 valence electrons. The number of methoxy groups -OCH3 is 1. The Bertz CT molecular complexity index is 646. The average molecular weight is 378 g/mol. The van der Waals surface area contributed by atoms with Crippen LogP contribution in [0.25, 0.3) is 0 Å². The van der Waals surface area contributed by atoms with E-state index in [-0.39, 0.29) is 5.91 Å². The summed E-state index contributed by atoms with van der Waals surface area (Å²) in [4.78, 5) is 14.2. The van der Waals surface area contributed by atoms with E-state index in [1.54, 1.807) is 37.3 Å². The van der Waals surface area contributed by atoms with Crippen molar-refractivity contribution in [1.82, 2.24) is 4.90 Å². The molecule has 0 aliphatic carbocycles. The van der Waals surface area contributed by atoms with E-state index >= 15 is 0 Å². The van der Waals surface area contributed by atoms with E-state index < -0.39 is 0 Å². The highest BCUT2D eigenvalue weighted by Crippen LogP contribution is 2.26. The first-order valence-electron chi connectivity index (χ1n) is 7.32. The zero-order chi connectivity index (χ0) is 16.7. The van der Waals surface area contributed by atoms with Crippen LogP contribution in [0.4, 0.5) is 0 Å². The molecule has 0 unspecified atom stereocenters. The van der Waals surface area contributed by atoms with E-state index in [9.17, 15) is 4.79 Å². The van der Waals surface area contributed by atoms with Gasteiger partial charge in [-0.05, 0) is 39.7 Å². The van der Waals surface area contributed by atoms with Gasteiger partial charge in [0.15, 0.2) is 0 Å². The van der Waals surface area contributed by atoms with Crippen molar-refractivity contribution < 1.29 is 14.3 Å². The number of benzene rings is 2. The Kier molecular flexibility index (Phi) is 6.62. The second-order valence-corrected chi connectivity index (χ2v) is 5.99. The van der Waals surface area contributed by atoms with E-state index in [2.05, 4.69) is 15.9 Å². The molecule has 4 nitrogen and oxygen atoms in total. The quantitative estimate of drug-likeness (QED) is 0.689. The molecule has 1 amide bonds. The Morgan fingerprint density at radius 2 is 1.87 bits per heavy atom.